The highest BCUT2D eigenvalue weighted by molar-refractivity contribution is 7.99. The number of ketones is 1. The summed E-state index contributed by atoms with van der Waals surface area (Å²) in [5.41, 5.74) is 1.84. The molecule has 0 radical (unpaired) electrons. The van der Waals surface area contributed by atoms with Gasteiger partial charge in [-0.1, -0.05) is 23.7 Å². The number of halogens is 1. The average molecular weight is 429 g/mol. The molecule has 5 heteroatoms. The second-order valence-corrected chi connectivity index (χ2v) is 8.78. The molecule has 0 bridgehead atoms. The summed E-state index contributed by atoms with van der Waals surface area (Å²) in [6.07, 6.45) is 2.47. The van der Waals surface area contributed by atoms with Crippen molar-refractivity contribution < 1.29 is 9.53 Å². The Bertz CT molecular complexity index is 907. The molecule has 0 unspecified atom stereocenters. The smallest absolute Gasteiger partial charge is 0.164 e. The number of rotatable bonds is 8. The highest BCUT2D eigenvalue weighted by Crippen LogP contribution is 2.39. The van der Waals surface area contributed by atoms with Gasteiger partial charge in [0.15, 0.2) is 5.78 Å². The van der Waals surface area contributed by atoms with Crippen molar-refractivity contribution in [3.05, 3.63) is 88.9 Å². The lowest BCUT2D eigenvalue weighted by molar-refractivity contribution is 0.0982. The molecule has 1 atom stereocenters. The van der Waals surface area contributed by atoms with Crippen molar-refractivity contribution in [2.75, 3.05) is 13.4 Å². The first-order valence-corrected chi connectivity index (χ1v) is 11.3. The molecule has 0 aromatic heterocycles. The maximum Gasteiger partial charge on any atom is 0.164 e. The summed E-state index contributed by atoms with van der Waals surface area (Å²) in [5.74, 6) is 0.861. The first-order valence-electron chi connectivity index (χ1n) is 8.82. The van der Waals surface area contributed by atoms with Gasteiger partial charge in [0, 0.05) is 32.0 Å². The number of carbonyl (C=O) groups is 1. The zero-order chi connectivity index (χ0) is 19.9. The molecule has 0 aliphatic heterocycles. The molecule has 2 nitrogen and oxygen atoms in total. The number of Topliss-reactive ketones (excluding diaryl/α,β-unsaturated/α-hetero) is 1. The average Bonchev–Trinajstić information content (AvgIpc) is 2.75. The zero-order valence-corrected chi connectivity index (χ0v) is 18.1. The van der Waals surface area contributed by atoms with E-state index in [1.165, 1.54) is 4.90 Å². The fraction of sp³-hybridized carbons (Fsp3) is 0.174. The Kier molecular flexibility index (Phi) is 7.49. The van der Waals surface area contributed by atoms with Crippen LogP contribution in [0.4, 0.5) is 0 Å². The number of thioether (sulfide) groups is 2. The van der Waals surface area contributed by atoms with E-state index >= 15 is 0 Å². The zero-order valence-electron chi connectivity index (χ0n) is 15.7. The van der Waals surface area contributed by atoms with E-state index in [4.69, 9.17) is 16.3 Å². The van der Waals surface area contributed by atoms with Crippen molar-refractivity contribution >= 4 is 40.9 Å². The largest absolute Gasteiger partial charge is 0.497 e. The van der Waals surface area contributed by atoms with Gasteiger partial charge in [0.05, 0.1) is 7.11 Å². The second kappa shape index (κ2) is 10.1. The van der Waals surface area contributed by atoms with Gasteiger partial charge in [0.25, 0.3) is 0 Å². The number of ether oxygens (including phenoxy) is 1. The van der Waals surface area contributed by atoms with Crippen LogP contribution >= 0.6 is 35.1 Å². The quantitative estimate of drug-likeness (QED) is 0.280. The van der Waals surface area contributed by atoms with Gasteiger partial charge in [-0.25, -0.2) is 0 Å². The summed E-state index contributed by atoms with van der Waals surface area (Å²) in [6, 6.07) is 23.5. The molecule has 0 amide bonds. The first kappa shape index (κ1) is 20.8. The van der Waals surface area contributed by atoms with Gasteiger partial charge in [0.1, 0.15) is 5.75 Å². The standard InChI is InChI=1S/C23H21ClO2S2/c1-26-19-9-3-16(4-10-19)22(25)15-23(17-5-11-20(27-2)12-6-17)28-21-13-7-18(24)8-14-21/h3-14,23H,15H2,1-2H3/t23-/m1/s1. The predicted octanol–water partition coefficient (Wildman–Crippen LogP) is 7.18. The fourth-order valence-corrected chi connectivity index (χ4v) is 4.47. The van der Waals surface area contributed by atoms with E-state index in [1.54, 1.807) is 30.6 Å². The highest BCUT2D eigenvalue weighted by atomic mass is 35.5. The van der Waals surface area contributed by atoms with Crippen LogP contribution in [0.3, 0.4) is 0 Å². The van der Waals surface area contributed by atoms with E-state index in [9.17, 15) is 4.79 Å². The van der Waals surface area contributed by atoms with Crippen molar-refractivity contribution in [3.63, 3.8) is 0 Å². The van der Waals surface area contributed by atoms with E-state index in [2.05, 4.69) is 30.5 Å². The Balaban J connectivity index is 1.83. The lowest BCUT2D eigenvalue weighted by Crippen LogP contribution is -2.05. The third-order valence-electron chi connectivity index (χ3n) is 4.36. The molecule has 0 fully saturated rings. The number of hydrogen-bond donors (Lipinski definition) is 0. The molecule has 3 rings (SSSR count). The van der Waals surface area contributed by atoms with Gasteiger partial charge in [-0.15, -0.1) is 23.5 Å². The van der Waals surface area contributed by atoms with Crippen LogP contribution in [0.15, 0.2) is 82.6 Å². The summed E-state index contributed by atoms with van der Waals surface area (Å²) in [5, 5.41) is 0.728. The molecule has 0 saturated heterocycles. The number of hydrogen-bond acceptors (Lipinski definition) is 4. The number of methoxy groups -OCH3 is 1. The van der Waals surface area contributed by atoms with Gasteiger partial charge in [-0.05, 0) is 72.5 Å². The molecule has 0 spiro atoms. The number of benzene rings is 3. The molecule has 28 heavy (non-hydrogen) atoms. The Morgan fingerprint density at radius 3 is 2.11 bits per heavy atom. The van der Waals surface area contributed by atoms with Crippen LogP contribution in [-0.4, -0.2) is 19.1 Å². The molecule has 144 valence electrons. The van der Waals surface area contributed by atoms with Crippen LogP contribution in [0.25, 0.3) is 0 Å². The molecule has 0 saturated carbocycles. The Morgan fingerprint density at radius 2 is 1.54 bits per heavy atom. The summed E-state index contributed by atoms with van der Waals surface area (Å²) >= 11 is 9.40. The normalized spacial score (nSPS) is 11.8. The van der Waals surface area contributed by atoms with E-state index in [1.807, 2.05) is 48.5 Å². The van der Waals surface area contributed by atoms with E-state index in [0.29, 0.717) is 17.0 Å². The molecular formula is C23H21ClO2S2. The highest BCUT2D eigenvalue weighted by Gasteiger charge is 2.19. The Morgan fingerprint density at radius 1 is 0.929 bits per heavy atom. The Hall–Kier alpha value is -1.88. The Labute approximate surface area is 179 Å². The number of carbonyl (C=O) groups excluding carboxylic acids is 1. The van der Waals surface area contributed by atoms with Gasteiger partial charge < -0.3 is 4.74 Å². The van der Waals surface area contributed by atoms with Crippen LogP contribution in [0, 0.1) is 0 Å². The monoisotopic (exact) mass is 428 g/mol. The third kappa shape index (κ3) is 5.57. The van der Waals surface area contributed by atoms with Crippen molar-refractivity contribution in [3.8, 4) is 5.75 Å². The fourth-order valence-electron chi connectivity index (χ4n) is 2.79. The lowest BCUT2D eigenvalue weighted by Gasteiger charge is -2.17. The second-order valence-electron chi connectivity index (χ2n) is 6.19. The SMILES string of the molecule is COc1ccc(C(=O)C[C@@H](Sc2ccc(Cl)cc2)c2ccc(SC)cc2)cc1. The molecule has 3 aromatic rings. The topological polar surface area (TPSA) is 26.3 Å². The van der Waals surface area contributed by atoms with Gasteiger partial charge >= 0.3 is 0 Å². The van der Waals surface area contributed by atoms with Crippen molar-refractivity contribution in [2.45, 2.75) is 21.5 Å². The first-order chi connectivity index (χ1) is 13.6. The van der Waals surface area contributed by atoms with E-state index < -0.39 is 0 Å². The van der Waals surface area contributed by atoms with Gasteiger partial charge in [0.2, 0.25) is 0 Å². The van der Waals surface area contributed by atoms with Crippen LogP contribution in [0.2, 0.25) is 5.02 Å². The van der Waals surface area contributed by atoms with E-state index in [0.717, 1.165) is 16.2 Å². The van der Waals surface area contributed by atoms with E-state index in [-0.39, 0.29) is 11.0 Å². The van der Waals surface area contributed by atoms with Gasteiger partial charge in [-0.2, -0.15) is 0 Å². The van der Waals surface area contributed by atoms with Gasteiger partial charge in [-0.3, -0.25) is 4.79 Å². The summed E-state index contributed by atoms with van der Waals surface area (Å²) in [7, 11) is 1.62. The van der Waals surface area contributed by atoms with Crippen LogP contribution < -0.4 is 4.74 Å². The van der Waals surface area contributed by atoms with Crippen molar-refractivity contribution in [1.82, 2.24) is 0 Å². The maximum atomic E-state index is 12.9. The van der Waals surface area contributed by atoms with Crippen LogP contribution in [0.5, 0.6) is 5.75 Å². The van der Waals surface area contributed by atoms with Crippen LogP contribution in [0.1, 0.15) is 27.6 Å². The third-order valence-corrected chi connectivity index (χ3v) is 6.63. The summed E-state index contributed by atoms with van der Waals surface area (Å²) < 4.78 is 5.18. The van der Waals surface area contributed by atoms with Crippen LogP contribution in [-0.2, 0) is 0 Å². The minimum atomic E-state index is 0.0201. The summed E-state index contributed by atoms with van der Waals surface area (Å²) in [4.78, 5) is 15.2. The molecular weight excluding hydrogens is 408 g/mol. The minimum absolute atomic E-state index is 0.0201. The predicted molar refractivity (Wildman–Crippen MR) is 120 cm³/mol. The molecule has 0 heterocycles. The van der Waals surface area contributed by atoms with Crippen molar-refractivity contribution in [2.24, 2.45) is 0 Å². The lowest BCUT2D eigenvalue weighted by atomic mass is 10.0. The molecule has 0 aliphatic carbocycles. The molecule has 0 N–H and O–H groups in total. The minimum Gasteiger partial charge on any atom is -0.497 e. The molecule has 0 aliphatic rings. The maximum absolute atomic E-state index is 12.9. The molecule has 3 aromatic carbocycles. The summed E-state index contributed by atoms with van der Waals surface area (Å²) in [6.45, 7) is 0. The van der Waals surface area contributed by atoms with Crippen molar-refractivity contribution in [1.29, 1.82) is 0 Å².